The molecule has 0 aromatic rings. The second kappa shape index (κ2) is 9.53. The minimum Gasteiger partial charge on any atom is -0.466 e. The number of esters is 1. The van der Waals surface area contributed by atoms with Gasteiger partial charge in [0.1, 0.15) is 6.04 Å². The predicted molar refractivity (Wildman–Crippen MR) is 120 cm³/mol. The number of fused-ring (bicyclic) bond motifs is 1. The first-order valence-corrected chi connectivity index (χ1v) is 12.3. The molecule has 7 nitrogen and oxygen atoms in total. The summed E-state index contributed by atoms with van der Waals surface area (Å²) in [6.07, 6.45) is 5.47. The molecule has 3 heterocycles. The maximum absolute atomic E-state index is 13.9. The fourth-order valence-electron chi connectivity index (χ4n) is 5.75. The molecule has 3 aliphatic heterocycles. The summed E-state index contributed by atoms with van der Waals surface area (Å²) in [7, 11) is 0. The number of carbonyl (C=O) groups excluding carboxylic acids is 3. The number of hydrogen-bond donors (Lipinski definition) is 1. The minimum absolute atomic E-state index is 0.0548. The van der Waals surface area contributed by atoms with E-state index in [1.165, 1.54) is 0 Å². The quantitative estimate of drug-likeness (QED) is 0.382. The zero-order chi connectivity index (χ0) is 22.8. The van der Waals surface area contributed by atoms with Gasteiger partial charge in [-0.1, -0.05) is 19.4 Å². The van der Waals surface area contributed by atoms with Crippen LogP contribution in [-0.2, 0) is 19.1 Å². The summed E-state index contributed by atoms with van der Waals surface area (Å²) in [5.74, 6) is -1.64. The predicted octanol–water partition coefficient (Wildman–Crippen LogP) is 2.23. The van der Waals surface area contributed by atoms with Gasteiger partial charge in [0.15, 0.2) is 0 Å². The number of aliphatic hydroxyl groups is 1. The third kappa shape index (κ3) is 3.90. The molecule has 2 bridgehead atoms. The minimum atomic E-state index is -0.625. The summed E-state index contributed by atoms with van der Waals surface area (Å²) in [6.45, 7) is 11.3. The first kappa shape index (κ1) is 24.1. The third-order valence-corrected chi connectivity index (χ3v) is 9.04. The SMILES string of the molecule is C=CCN(CCCC)C(=O)C1N(CCCO)C(=O)[C@@H]2[C@@H](C(=O)OCC)[C@@]3(C)CCC12S3. The van der Waals surface area contributed by atoms with Crippen LogP contribution in [0.1, 0.15) is 52.9 Å². The van der Waals surface area contributed by atoms with Crippen LogP contribution in [0, 0.1) is 11.8 Å². The van der Waals surface area contributed by atoms with Gasteiger partial charge in [-0.15, -0.1) is 18.3 Å². The average molecular weight is 453 g/mol. The fraction of sp³-hybridized carbons (Fsp3) is 0.783. The highest BCUT2D eigenvalue weighted by Gasteiger charge is 2.77. The number of thioether (sulfide) groups is 1. The summed E-state index contributed by atoms with van der Waals surface area (Å²) in [5.41, 5.74) is 0. The lowest BCUT2D eigenvalue weighted by Crippen LogP contribution is -2.55. The lowest BCUT2D eigenvalue weighted by molar-refractivity contribution is -0.155. The normalized spacial score (nSPS) is 33.5. The third-order valence-electron chi connectivity index (χ3n) is 7.05. The van der Waals surface area contributed by atoms with E-state index in [4.69, 9.17) is 4.74 Å². The summed E-state index contributed by atoms with van der Waals surface area (Å²) in [6, 6.07) is -0.625. The Kier molecular flexibility index (Phi) is 7.41. The van der Waals surface area contributed by atoms with E-state index in [1.807, 2.05) is 6.92 Å². The highest BCUT2D eigenvalue weighted by Crippen LogP contribution is 2.71. The summed E-state index contributed by atoms with van der Waals surface area (Å²) in [4.78, 5) is 44.0. The lowest BCUT2D eigenvalue weighted by Gasteiger charge is -2.37. The van der Waals surface area contributed by atoms with E-state index in [0.29, 0.717) is 26.1 Å². The molecular formula is C23H36N2O5S. The van der Waals surface area contributed by atoms with Gasteiger partial charge in [0, 0.05) is 31.0 Å². The Morgan fingerprint density at radius 1 is 1.35 bits per heavy atom. The van der Waals surface area contributed by atoms with Crippen molar-refractivity contribution < 1.29 is 24.2 Å². The van der Waals surface area contributed by atoms with Crippen molar-refractivity contribution in [3.63, 3.8) is 0 Å². The first-order valence-electron chi connectivity index (χ1n) is 11.5. The molecule has 0 aromatic heterocycles. The average Bonchev–Trinajstić information content (AvgIpc) is 3.30. The molecule has 2 unspecified atom stereocenters. The molecule has 0 aliphatic carbocycles. The Hall–Kier alpha value is -1.54. The van der Waals surface area contributed by atoms with Crippen molar-refractivity contribution in [1.29, 1.82) is 0 Å². The molecule has 8 heteroatoms. The topological polar surface area (TPSA) is 87.2 Å². The molecule has 1 N–H and O–H groups in total. The van der Waals surface area contributed by atoms with Gasteiger partial charge in [-0.2, -0.15) is 0 Å². The van der Waals surface area contributed by atoms with Gasteiger partial charge in [-0.05, 0) is 39.5 Å². The summed E-state index contributed by atoms with van der Waals surface area (Å²) in [5, 5.41) is 9.41. The number of hydrogen-bond acceptors (Lipinski definition) is 6. The van der Waals surface area contributed by atoms with E-state index in [0.717, 1.165) is 25.7 Å². The highest BCUT2D eigenvalue weighted by atomic mass is 32.2. The van der Waals surface area contributed by atoms with Crippen LogP contribution in [0.15, 0.2) is 12.7 Å². The highest BCUT2D eigenvalue weighted by molar-refractivity contribution is 8.02. The molecule has 174 valence electrons. The first-order chi connectivity index (χ1) is 14.8. The number of rotatable bonds is 11. The van der Waals surface area contributed by atoms with E-state index in [1.54, 1.807) is 34.6 Å². The standard InChI is InChI=1S/C23H36N2O5S/c1-5-8-13-24(12-6-2)20(28)18-23-11-10-22(4,31-23)17(21(29)30-7-3)16(23)19(27)25(18)14-9-15-26/h6,16-18,26H,2,5,7-15H2,1,3-4H3/t16-,17-,18?,22+,23?/m0/s1. The van der Waals surface area contributed by atoms with Gasteiger partial charge in [-0.3, -0.25) is 14.4 Å². The van der Waals surface area contributed by atoms with Crippen LogP contribution >= 0.6 is 11.8 Å². The number of unbranched alkanes of at least 4 members (excludes halogenated alkanes) is 1. The number of carbonyl (C=O) groups is 3. The number of aliphatic hydroxyl groups excluding tert-OH is 1. The maximum atomic E-state index is 13.9. The van der Waals surface area contributed by atoms with Gasteiger partial charge in [0.25, 0.3) is 0 Å². The molecule has 3 aliphatic rings. The molecule has 3 rings (SSSR count). The van der Waals surface area contributed by atoms with Crippen molar-refractivity contribution in [2.24, 2.45) is 11.8 Å². The Bertz CT molecular complexity index is 731. The van der Waals surface area contributed by atoms with E-state index < -0.39 is 27.4 Å². The fourth-order valence-corrected chi connectivity index (χ4v) is 8.08. The van der Waals surface area contributed by atoms with Crippen LogP contribution in [0.4, 0.5) is 0 Å². The zero-order valence-electron chi connectivity index (χ0n) is 19.0. The number of ether oxygens (including phenoxy) is 1. The smallest absolute Gasteiger partial charge is 0.311 e. The van der Waals surface area contributed by atoms with Gasteiger partial charge < -0.3 is 19.6 Å². The Morgan fingerprint density at radius 3 is 2.71 bits per heavy atom. The number of nitrogens with zero attached hydrogens (tertiary/aromatic N) is 2. The van der Waals surface area contributed by atoms with Gasteiger partial charge in [0.2, 0.25) is 11.8 Å². The van der Waals surface area contributed by atoms with Crippen molar-refractivity contribution in [3.05, 3.63) is 12.7 Å². The van der Waals surface area contributed by atoms with E-state index in [-0.39, 0.29) is 31.0 Å². The summed E-state index contributed by atoms with van der Waals surface area (Å²) >= 11 is 1.65. The lowest BCUT2D eigenvalue weighted by atomic mass is 9.66. The molecule has 31 heavy (non-hydrogen) atoms. The molecular weight excluding hydrogens is 416 g/mol. The van der Waals surface area contributed by atoms with Crippen LogP contribution in [0.2, 0.25) is 0 Å². The Balaban J connectivity index is 2.02. The van der Waals surface area contributed by atoms with Crippen LogP contribution in [0.5, 0.6) is 0 Å². The van der Waals surface area contributed by atoms with Crippen LogP contribution in [0.3, 0.4) is 0 Å². The molecule has 0 saturated carbocycles. The summed E-state index contributed by atoms with van der Waals surface area (Å²) < 4.78 is 4.35. The van der Waals surface area contributed by atoms with Crippen LogP contribution < -0.4 is 0 Å². The maximum Gasteiger partial charge on any atom is 0.311 e. The van der Waals surface area contributed by atoms with Gasteiger partial charge >= 0.3 is 5.97 Å². The second-order valence-electron chi connectivity index (χ2n) is 9.01. The monoisotopic (exact) mass is 452 g/mol. The molecule has 5 atom stereocenters. The Morgan fingerprint density at radius 2 is 2.10 bits per heavy atom. The molecule has 3 fully saturated rings. The number of likely N-dealkylation sites (tertiary alicyclic amines) is 1. The van der Waals surface area contributed by atoms with Crippen LogP contribution in [0.25, 0.3) is 0 Å². The van der Waals surface area contributed by atoms with E-state index in [2.05, 4.69) is 13.5 Å². The zero-order valence-corrected chi connectivity index (χ0v) is 19.8. The second-order valence-corrected chi connectivity index (χ2v) is 10.9. The molecule has 1 spiro atoms. The van der Waals surface area contributed by atoms with Crippen LogP contribution in [-0.4, -0.2) is 81.1 Å². The van der Waals surface area contributed by atoms with Crippen molar-refractivity contribution in [2.45, 2.75) is 68.4 Å². The molecule has 0 aromatic carbocycles. The van der Waals surface area contributed by atoms with Gasteiger partial charge in [0.05, 0.1) is 23.2 Å². The van der Waals surface area contributed by atoms with Crippen molar-refractivity contribution in [1.82, 2.24) is 9.80 Å². The molecule has 0 radical (unpaired) electrons. The van der Waals surface area contributed by atoms with Gasteiger partial charge in [-0.25, -0.2) is 0 Å². The number of amides is 2. The van der Waals surface area contributed by atoms with Crippen molar-refractivity contribution >= 4 is 29.5 Å². The largest absolute Gasteiger partial charge is 0.466 e. The van der Waals surface area contributed by atoms with E-state index >= 15 is 0 Å². The van der Waals surface area contributed by atoms with Crippen molar-refractivity contribution in [3.8, 4) is 0 Å². The molecule has 2 amide bonds. The Labute approximate surface area is 189 Å². The van der Waals surface area contributed by atoms with Crippen molar-refractivity contribution in [2.75, 3.05) is 32.8 Å². The molecule has 3 saturated heterocycles. The van der Waals surface area contributed by atoms with E-state index in [9.17, 15) is 19.5 Å².